The van der Waals surface area contributed by atoms with Gasteiger partial charge >= 0.3 is 6.18 Å². The number of aryl methyl sites for hydroxylation is 2. The van der Waals surface area contributed by atoms with Crippen molar-refractivity contribution in [2.75, 3.05) is 24.3 Å². The topological polar surface area (TPSA) is 108 Å². The van der Waals surface area contributed by atoms with Gasteiger partial charge in [-0.05, 0) is 67.9 Å². The van der Waals surface area contributed by atoms with E-state index in [9.17, 15) is 22.8 Å². The molecule has 0 unspecified atom stereocenters. The zero-order chi connectivity index (χ0) is 29.5. The lowest BCUT2D eigenvalue weighted by Crippen LogP contribution is -2.18. The molecule has 0 bridgehead atoms. The Morgan fingerprint density at radius 2 is 1.78 bits per heavy atom. The summed E-state index contributed by atoms with van der Waals surface area (Å²) in [4.78, 5) is 31.2. The minimum atomic E-state index is -4.64. The van der Waals surface area contributed by atoms with Crippen LogP contribution in [0.2, 0.25) is 0 Å². The number of H-pyrrole nitrogens is 1. The molecule has 2 aromatic heterocycles. The largest absolute Gasteiger partial charge is 0.416 e. The Bertz CT molecular complexity index is 1790. The monoisotopic (exact) mass is 561 g/mol. The van der Waals surface area contributed by atoms with Crippen LogP contribution in [0.15, 0.2) is 67.0 Å². The number of nitrogens with one attached hydrogen (secondary N) is 3. The summed E-state index contributed by atoms with van der Waals surface area (Å²) >= 11 is 0. The molecule has 210 valence electrons. The van der Waals surface area contributed by atoms with Gasteiger partial charge in [0.1, 0.15) is 5.82 Å². The number of anilines is 3. The Morgan fingerprint density at radius 3 is 2.46 bits per heavy atom. The number of fused-ring (bicyclic) bond motifs is 1. The number of benzene rings is 3. The summed E-state index contributed by atoms with van der Waals surface area (Å²) in [7, 11) is 3.38. The van der Waals surface area contributed by atoms with Crippen molar-refractivity contribution in [1.29, 1.82) is 0 Å². The van der Waals surface area contributed by atoms with Crippen molar-refractivity contribution in [3.05, 3.63) is 95.2 Å². The zero-order valence-electron chi connectivity index (χ0n) is 22.6. The third kappa shape index (κ3) is 5.36. The Balaban J connectivity index is 1.44. The molecule has 5 aromatic rings. The number of hydrogen-bond acceptors (Lipinski definition) is 5. The van der Waals surface area contributed by atoms with Gasteiger partial charge < -0.3 is 20.1 Å². The van der Waals surface area contributed by atoms with Gasteiger partial charge in [-0.1, -0.05) is 6.07 Å². The summed E-state index contributed by atoms with van der Waals surface area (Å²) in [5.41, 5.74) is 2.91. The van der Waals surface area contributed by atoms with Crippen LogP contribution in [-0.4, -0.2) is 45.7 Å². The van der Waals surface area contributed by atoms with Crippen molar-refractivity contribution < 1.29 is 22.8 Å². The van der Waals surface area contributed by atoms with Gasteiger partial charge in [-0.3, -0.25) is 14.7 Å². The van der Waals surface area contributed by atoms with Crippen LogP contribution in [-0.2, 0) is 6.18 Å². The highest BCUT2D eigenvalue weighted by atomic mass is 19.4. The van der Waals surface area contributed by atoms with Crippen LogP contribution < -0.4 is 15.5 Å². The predicted octanol–water partition coefficient (Wildman–Crippen LogP) is 5.76. The maximum Gasteiger partial charge on any atom is 0.416 e. The van der Waals surface area contributed by atoms with Gasteiger partial charge in [0.25, 0.3) is 11.8 Å². The Kier molecular flexibility index (Phi) is 6.99. The highest BCUT2D eigenvalue weighted by Crippen LogP contribution is 2.34. The van der Waals surface area contributed by atoms with E-state index in [-0.39, 0.29) is 17.2 Å². The van der Waals surface area contributed by atoms with Crippen LogP contribution in [0.5, 0.6) is 0 Å². The first-order valence-corrected chi connectivity index (χ1v) is 12.5. The second-order valence-corrected chi connectivity index (χ2v) is 9.51. The molecule has 0 aliphatic carbocycles. The fraction of sp³-hybridized carbons (Fsp3) is 0.172. The van der Waals surface area contributed by atoms with Crippen LogP contribution in [0.1, 0.15) is 37.8 Å². The molecule has 9 nitrogen and oxygen atoms in total. The molecule has 3 aromatic carbocycles. The fourth-order valence-electron chi connectivity index (χ4n) is 4.59. The normalized spacial score (nSPS) is 11.5. The van der Waals surface area contributed by atoms with E-state index in [0.29, 0.717) is 28.1 Å². The molecule has 12 heteroatoms. The fourth-order valence-corrected chi connectivity index (χ4v) is 4.59. The number of aromatic amines is 1. The van der Waals surface area contributed by atoms with Crippen LogP contribution >= 0.6 is 0 Å². The summed E-state index contributed by atoms with van der Waals surface area (Å²) < 4.78 is 42.6. The van der Waals surface area contributed by atoms with Crippen molar-refractivity contribution in [3.63, 3.8) is 0 Å². The number of amides is 2. The van der Waals surface area contributed by atoms with E-state index in [1.54, 1.807) is 25.1 Å². The van der Waals surface area contributed by atoms with Gasteiger partial charge in [-0.15, -0.1) is 0 Å². The average Bonchev–Trinajstić information content (AvgIpc) is 3.58. The third-order valence-corrected chi connectivity index (χ3v) is 6.82. The van der Waals surface area contributed by atoms with Gasteiger partial charge in [-0.2, -0.15) is 18.3 Å². The summed E-state index contributed by atoms with van der Waals surface area (Å²) in [6.07, 6.45) is -1.63. The molecular weight excluding hydrogens is 535 g/mol. The minimum absolute atomic E-state index is 0.143. The van der Waals surface area contributed by atoms with Crippen LogP contribution in [0.25, 0.3) is 16.6 Å². The van der Waals surface area contributed by atoms with Gasteiger partial charge in [0.2, 0.25) is 0 Å². The summed E-state index contributed by atoms with van der Waals surface area (Å²) in [5.74, 6) is -0.502. The number of aromatic nitrogens is 4. The highest BCUT2D eigenvalue weighted by molar-refractivity contribution is 6.06. The van der Waals surface area contributed by atoms with E-state index in [4.69, 9.17) is 0 Å². The van der Waals surface area contributed by atoms with Crippen LogP contribution in [0.4, 0.5) is 30.2 Å². The molecule has 0 fully saturated rings. The molecule has 2 heterocycles. The molecule has 3 N–H and O–H groups in total. The first-order chi connectivity index (χ1) is 19.5. The highest BCUT2D eigenvalue weighted by Gasteiger charge is 2.32. The standard InChI is InChI=1S/C29H26F3N7O2/c1-16-5-6-20(14-25(16)38(4)21-7-8-23-24(15-21)36-37-26(23)28(41)33-3)35-27(40)18-11-19(29(30,31)32)13-22(12-18)39-10-9-34-17(39)2/h5-15H,1-4H3,(H,33,41)(H,35,40)(H,36,37). The number of nitrogens with zero attached hydrogens (tertiary/aromatic N) is 4. The van der Waals surface area contributed by atoms with Crippen LogP contribution in [0.3, 0.4) is 0 Å². The second kappa shape index (κ2) is 10.5. The molecule has 41 heavy (non-hydrogen) atoms. The lowest BCUT2D eigenvalue weighted by Gasteiger charge is -2.23. The Labute approximate surface area is 233 Å². The predicted molar refractivity (Wildman–Crippen MR) is 150 cm³/mol. The molecule has 5 rings (SSSR count). The van der Waals surface area contributed by atoms with Crippen LogP contribution in [0, 0.1) is 13.8 Å². The van der Waals surface area contributed by atoms with Gasteiger partial charge in [0.05, 0.1) is 11.1 Å². The van der Waals surface area contributed by atoms with Crippen molar-refractivity contribution in [2.45, 2.75) is 20.0 Å². The number of imidazole rings is 1. The first-order valence-electron chi connectivity index (χ1n) is 12.5. The first kappa shape index (κ1) is 27.4. The van der Waals surface area contributed by atoms with Crippen molar-refractivity contribution in [1.82, 2.24) is 25.1 Å². The number of alkyl halides is 3. The number of carbonyl (C=O) groups is 2. The number of halogens is 3. The SMILES string of the molecule is CNC(=O)c1n[nH]c2cc(N(C)c3cc(NC(=O)c4cc(-n5ccnc5C)cc(C(F)(F)F)c4)ccc3C)ccc12. The summed E-state index contributed by atoms with van der Waals surface area (Å²) in [5, 5.41) is 12.9. The molecule has 0 aliphatic heterocycles. The van der Waals surface area contributed by atoms with E-state index >= 15 is 0 Å². The van der Waals surface area contributed by atoms with Crippen molar-refractivity contribution >= 4 is 39.8 Å². The van der Waals surface area contributed by atoms with Gasteiger partial charge in [0.15, 0.2) is 5.69 Å². The second-order valence-electron chi connectivity index (χ2n) is 9.51. The maximum absolute atomic E-state index is 13.7. The van der Waals surface area contributed by atoms with E-state index in [1.807, 2.05) is 37.1 Å². The summed E-state index contributed by atoms with van der Waals surface area (Å²) in [6, 6.07) is 13.9. The van der Waals surface area contributed by atoms with Crippen molar-refractivity contribution in [3.8, 4) is 5.69 Å². The number of rotatable bonds is 6. The molecule has 0 saturated carbocycles. The maximum atomic E-state index is 13.7. The molecule has 0 radical (unpaired) electrons. The van der Waals surface area contributed by atoms with E-state index in [2.05, 4.69) is 25.8 Å². The third-order valence-electron chi connectivity index (χ3n) is 6.82. The molecular formula is C29H26F3N7O2. The zero-order valence-corrected chi connectivity index (χ0v) is 22.6. The average molecular weight is 562 g/mol. The minimum Gasteiger partial charge on any atom is -0.354 e. The van der Waals surface area contributed by atoms with E-state index in [0.717, 1.165) is 29.1 Å². The van der Waals surface area contributed by atoms with Gasteiger partial charge in [0, 0.05) is 60.2 Å². The molecule has 0 aliphatic rings. The molecule has 0 spiro atoms. The molecule has 0 saturated heterocycles. The molecule has 0 atom stereocenters. The summed E-state index contributed by atoms with van der Waals surface area (Å²) in [6.45, 7) is 3.57. The quantitative estimate of drug-likeness (QED) is 0.244. The van der Waals surface area contributed by atoms with Crippen molar-refractivity contribution in [2.24, 2.45) is 0 Å². The van der Waals surface area contributed by atoms with E-state index < -0.39 is 17.6 Å². The Hall–Kier alpha value is -5.13. The van der Waals surface area contributed by atoms with E-state index in [1.165, 1.54) is 30.1 Å². The number of carbonyl (C=O) groups excluding carboxylic acids is 2. The lowest BCUT2D eigenvalue weighted by atomic mass is 10.1. The van der Waals surface area contributed by atoms with Gasteiger partial charge in [-0.25, -0.2) is 4.98 Å². The lowest BCUT2D eigenvalue weighted by molar-refractivity contribution is -0.137. The molecule has 2 amide bonds. The Morgan fingerprint density at radius 1 is 1.00 bits per heavy atom. The number of hydrogen-bond donors (Lipinski definition) is 3. The smallest absolute Gasteiger partial charge is 0.354 e.